The largest absolute Gasteiger partial charge is 0.478 e. The maximum Gasteiger partial charge on any atom is 0.337 e. The lowest BCUT2D eigenvalue weighted by Crippen LogP contribution is -2.13. The zero-order chi connectivity index (χ0) is 18.3. The van der Waals surface area contributed by atoms with E-state index in [1.807, 2.05) is 0 Å². The Morgan fingerprint density at radius 2 is 0.958 bits per heavy atom. The summed E-state index contributed by atoms with van der Waals surface area (Å²) in [5.41, 5.74) is -2.16. The lowest BCUT2D eigenvalue weighted by atomic mass is 9.91. The van der Waals surface area contributed by atoms with E-state index >= 15 is 0 Å². The van der Waals surface area contributed by atoms with E-state index in [1.54, 1.807) is 0 Å². The lowest BCUT2D eigenvalue weighted by molar-refractivity contribution is 0.0674. The number of hydrogen-bond acceptors (Lipinski definition) is 4. The Balaban J connectivity index is 3.34. The van der Waals surface area contributed by atoms with Crippen LogP contribution in [-0.4, -0.2) is 44.3 Å². The van der Waals surface area contributed by atoms with Crippen molar-refractivity contribution in [2.24, 2.45) is 0 Å². The number of halogens is 2. The van der Waals surface area contributed by atoms with Gasteiger partial charge < -0.3 is 20.4 Å². The fourth-order valence-electron chi connectivity index (χ4n) is 2.33. The number of carboxylic acids is 4. The predicted octanol–water partition coefficient (Wildman–Crippen LogP) is 3.16. The van der Waals surface area contributed by atoms with Gasteiger partial charge in [-0.3, -0.25) is 0 Å². The molecule has 0 aliphatic rings. The lowest BCUT2D eigenvalue weighted by Gasteiger charge is -2.15. The second kappa shape index (κ2) is 6.21. The maximum atomic E-state index is 11.6. The minimum absolute atomic E-state index is 0.183. The van der Waals surface area contributed by atoms with Crippen LogP contribution in [0.1, 0.15) is 41.4 Å². The molecule has 0 aliphatic carbocycles. The van der Waals surface area contributed by atoms with Crippen LogP contribution in [0.4, 0.5) is 0 Å². The van der Waals surface area contributed by atoms with Crippen molar-refractivity contribution in [2.75, 3.05) is 0 Å². The SMILES string of the molecule is O=C(O)c1cc(Br)c(C(=O)O)c2c(C(=O)O)c(Br)cc(C(=O)O)c12. The summed E-state index contributed by atoms with van der Waals surface area (Å²) in [6, 6.07) is 1.86. The van der Waals surface area contributed by atoms with Crippen molar-refractivity contribution in [3.63, 3.8) is 0 Å². The smallest absolute Gasteiger partial charge is 0.337 e. The summed E-state index contributed by atoms with van der Waals surface area (Å²) in [7, 11) is 0. The van der Waals surface area contributed by atoms with E-state index < -0.39 is 56.9 Å². The van der Waals surface area contributed by atoms with Gasteiger partial charge >= 0.3 is 23.9 Å². The first-order chi connectivity index (χ1) is 11.1. The molecule has 0 spiro atoms. The molecule has 0 saturated heterocycles. The molecule has 0 atom stereocenters. The van der Waals surface area contributed by atoms with Crippen LogP contribution in [-0.2, 0) is 0 Å². The Labute approximate surface area is 149 Å². The number of hydrogen-bond donors (Lipinski definition) is 4. The van der Waals surface area contributed by atoms with Crippen LogP contribution in [0, 0.1) is 0 Å². The van der Waals surface area contributed by atoms with Crippen LogP contribution in [0.3, 0.4) is 0 Å². The van der Waals surface area contributed by atoms with Crippen LogP contribution >= 0.6 is 31.9 Å². The van der Waals surface area contributed by atoms with E-state index in [0.717, 1.165) is 12.1 Å². The maximum absolute atomic E-state index is 11.6. The first-order valence-electron chi connectivity index (χ1n) is 5.99. The van der Waals surface area contributed by atoms with E-state index in [4.69, 9.17) is 0 Å². The number of carboxylic acid groups (broad SMARTS) is 4. The monoisotopic (exact) mass is 460 g/mol. The van der Waals surface area contributed by atoms with Gasteiger partial charge in [0.2, 0.25) is 0 Å². The zero-order valence-electron chi connectivity index (χ0n) is 11.3. The van der Waals surface area contributed by atoms with E-state index in [0.29, 0.717) is 0 Å². The quantitative estimate of drug-likeness (QED) is 0.542. The zero-order valence-corrected chi connectivity index (χ0v) is 14.5. The minimum atomic E-state index is -1.54. The van der Waals surface area contributed by atoms with Crippen molar-refractivity contribution in [1.82, 2.24) is 0 Å². The summed E-state index contributed by atoms with van der Waals surface area (Å²) in [5, 5.41) is 36.4. The van der Waals surface area contributed by atoms with Crippen LogP contribution in [0.5, 0.6) is 0 Å². The van der Waals surface area contributed by atoms with Gasteiger partial charge in [-0.25, -0.2) is 19.2 Å². The third-order valence-electron chi connectivity index (χ3n) is 3.20. The molecule has 2 aromatic carbocycles. The molecule has 8 nitrogen and oxygen atoms in total. The highest BCUT2D eigenvalue weighted by Gasteiger charge is 2.29. The molecule has 2 rings (SSSR count). The van der Waals surface area contributed by atoms with Crippen molar-refractivity contribution in [3.05, 3.63) is 43.3 Å². The molecule has 0 heterocycles. The van der Waals surface area contributed by atoms with E-state index in [1.165, 1.54) is 0 Å². The Kier molecular flexibility index (Phi) is 4.63. The van der Waals surface area contributed by atoms with Crippen molar-refractivity contribution < 1.29 is 39.6 Å². The van der Waals surface area contributed by atoms with Crippen molar-refractivity contribution in [2.45, 2.75) is 0 Å². The highest BCUT2D eigenvalue weighted by atomic mass is 79.9. The van der Waals surface area contributed by atoms with Crippen LogP contribution in [0.15, 0.2) is 21.1 Å². The van der Waals surface area contributed by atoms with E-state index in [-0.39, 0.29) is 8.95 Å². The topological polar surface area (TPSA) is 149 Å². The number of rotatable bonds is 4. The van der Waals surface area contributed by atoms with Crippen LogP contribution in [0.2, 0.25) is 0 Å². The second-order valence-electron chi connectivity index (χ2n) is 4.53. The molecule has 0 amide bonds. The fraction of sp³-hybridized carbons (Fsp3) is 0. The Hall–Kier alpha value is -2.46. The number of aromatic carboxylic acids is 4. The number of carbonyl (C=O) groups is 4. The normalized spacial score (nSPS) is 10.6. The first kappa shape index (κ1) is 17.9. The molecule has 0 radical (unpaired) electrons. The number of benzene rings is 2. The molecule has 0 aliphatic heterocycles. The third-order valence-corrected chi connectivity index (χ3v) is 4.45. The Morgan fingerprint density at radius 3 is 1.21 bits per heavy atom. The fourth-order valence-corrected chi connectivity index (χ4v) is 3.52. The standard InChI is InChI=1S/C14H6Br2O8/c15-5-1-3(11(17)18)7-4(12(19)20)2-6(16)9(14(23)24)10(7)8(5)13(21)22/h1-2H,(H,17,18)(H,19,20)(H,21,22)(H,23,24). The Bertz CT molecular complexity index is 875. The highest BCUT2D eigenvalue weighted by molar-refractivity contribution is 9.10. The average Bonchev–Trinajstić information content (AvgIpc) is 2.43. The van der Waals surface area contributed by atoms with Gasteiger partial charge in [-0.1, -0.05) is 0 Å². The molecule has 4 N–H and O–H groups in total. The molecule has 0 saturated carbocycles. The highest BCUT2D eigenvalue weighted by Crippen LogP contribution is 2.38. The molecular weight excluding hydrogens is 456 g/mol. The van der Waals surface area contributed by atoms with Gasteiger partial charge in [0.1, 0.15) is 0 Å². The van der Waals surface area contributed by atoms with Gasteiger partial charge in [0, 0.05) is 19.7 Å². The molecule has 0 fully saturated rings. The minimum Gasteiger partial charge on any atom is -0.478 e. The summed E-state index contributed by atoms with van der Waals surface area (Å²) < 4.78 is -0.367. The van der Waals surface area contributed by atoms with Crippen molar-refractivity contribution >= 4 is 66.5 Å². The molecular formula is C14H6Br2O8. The molecule has 10 heteroatoms. The molecule has 24 heavy (non-hydrogen) atoms. The van der Waals surface area contributed by atoms with Crippen LogP contribution < -0.4 is 0 Å². The second-order valence-corrected chi connectivity index (χ2v) is 6.24. The van der Waals surface area contributed by atoms with Crippen molar-refractivity contribution in [3.8, 4) is 0 Å². The van der Waals surface area contributed by atoms with E-state index in [2.05, 4.69) is 31.9 Å². The summed E-state index contributed by atoms with van der Waals surface area (Å²) in [6.45, 7) is 0. The van der Waals surface area contributed by atoms with Gasteiger partial charge in [-0.05, 0) is 44.0 Å². The van der Waals surface area contributed by atoms with Gasteiger partial charge in [0.25, 0.3) is 0 Å². The molecule has 2 aromatic rings. The third kappa shape index (κ3) is 2.74. The summed E-state index contributed by atoms with van der Waals surface area (Å²) in [4.78, 5) is 46.0. The average molecular weight is 462 g/mol. The summed E-state index contributed by atoms with van der Waals surface area (Å²) in [6.07, 6.45) is 0. The van der Waals surface area contributed by atoms with Gasteiger partial charge in [-0.15, -0.1) is 0 Å². The first-order valence-corrected chi connectivity index (χ1v) is 7.58. The van der Waals surface area contributed by atoms with Gasteiger partial charge in [0.15, 0.2) is 0 Å². The molecule has 0 unspecified atom stereocenters. The van der Waals surface area contributed by atoms with Gasteiger partial charge in [0.05, 0.1) is 22.3 Å². The molecule has 124 valence electrons. The summed E-state index contributed by atoms with van der Waals surface area (Å²) >= 11 is 5.81. The Morgan fingerprint density at radius 1 is 0.625 bits per heavy atom. The molecule has 0 aromatic heterocycles. The van der Waals surface area contributed by atoms with Crippen molar-refractivity contribution in [1.29, 1.82) is 0 Å². The van der Waals surface area contributed by atoms with E-state index in [9.17, 15) is 39.6 Å². The predicted molar refractivity (Wildman–Crippen MR) is 87.2 cm³/mol. The summed E-state index contributed by atoms with van der Waals surface area (Å²) in [5.74, 6) is -6.14. The van der Waals surface area contributed by atoms with Crippen LogP contribution in [0.25, 0.3) is 10.8 Å². The van der Waals surface area contributed by atoms with Gasteiger partial charge in [-0.2, -0.15) is 0 Å². The molecule has 0 bridgehead atoms. The number of fused-ring (bicyclic) bond motifs is 1.